The molecule has 4 heterocycles. The Balaban J connectivity index is 1.46. The van der Waals surface area contributed by atoms with Gasteiger partial charge in [-0.25, -0.2) is 9.97 Å². The van der Waals surface area contributed by atoms with E-state index >= 15 is 0 Å². The quantitative estimate of drug-likeness (QED) is 0.783. The minimum absolute atomic E-state index is 0.0425. The summed E-state index contributed by atoms with van der Waals surface area (Å²) >= 11 is 0. The van der Waals surface area contributed by atoms with Crippen molar-refractivity contribution in [1.29, 1.82) is 0 Å². The van der Waals surface area contributed by atoms with Crippen LogP contribution in [0.1, 0.15) is 48.7 Å². The third-order valence-electron chi connectivity index (χ3n) is 5.01. The lowest BCUT2D eigenvalue weighted by Gasteiger charge is -2.31. The van der Waals surface area contributed by atoms with Crippen LogP contribution in [0.25, 0.3) is 11.2 Å². The maximum Gasteiger partial charge on any atom is 0.255 e. The van der Waals surface area contributed by atoms with Crippen LogP contribution in [0.4, 0.5) is 0 Å². The number of piperidine rings is 1. The number of pyridine rings is 1. The van der Waals surface area contributed by atoms with Gasteiger partial charge in [0.1, 0.15) is 5.52 Å². The number of nitrogens with one attached hydrogen (secondary N) is 1. The van der Waals surface area contributed by atoms with Crippen molar-refractivity contribution in [3.05, 3.63) is 42.1 Å². The second-order valence-corrected chi connectivity index (χ2v) is 7.44. The minimum Gasteiger partial charge on any atom is -0.339 e. The Hall–Kier alpha value is -2.70. The predicted octanol–water partition coefficient (Wildman–Crippen LogP) is 2.83. The number of aromatic nitrogens is 5. The first-order valence-corrected chi connectivity index (χ1v) is 9.21. The number of hydrogen-bond acceptors (Lipinski definition) is 4. The van der Waals surface area contributed by atoms with Crippen LogP contribution in [-0.2, 0) is 6.54 Å². The van der Waals surface area contributed by atoms with Crippen LogP contribution in [0.2, 0.25) is 0 Å². The number of nitrogens with zero attached hydrogens (tertiary/aromatic N) is 5. The van der Waals surface area contributed by atoms with Gasteiger partial charge >= 0.3 is 0 Å². The molecule has 3 aromatic rings. The molecule has 0 radical (unpaired) electrons. The number of rotatable bonds is 4. The average molecular weight is 352 g/mol. The van der Waals surface area contributed by atoms with E-state index in [4.69, 9.17) is 0 Å². The highest BCUT2D eigenvalue weighted by Gasteiger charge is 2.25. The maximum atomic E-state index is 12.9. The lowest BCUT2D eigenvalue weighted by Crippen LogP contribution is -2.38. The molecule has 0 aliphatic carbocycles. The number of carbonyl (C=O) groups is 1. The minimum atomic E-state index is 0.0425. The predicted molar refractivity (Wildman–Crippen MR) is 98.8 cm³/mol. The van der Waals surface area contributed by atoms with Gasteiger partial charge in [0.25, 0.3) is 5.91 Å². The summed E-state index contributed by atoms with van der Waals surface area (Å²) in [4.78, 5) is 23.7. The van der Waals surface area contributed by atoms with Gasteiger partial charge in [-0.3, -0.25) is 9.89 Å². The van der Waals surface area contributed by atoms with E-state index in [0.29, 0.717) is 17.4 Å². The van der Waals surface area contributed by atoms with Crippen molar-refractivity contribution in [1.82, 2.24) is 29.6 Å². The van der Waals surface area contributed by atoms with Crippen LogP contribution in [0, 0.1) is 5.92 Å². The van der Waals surface area contributed by atoms with Gasteiger partial charge in [0, 0.05) is 43.6 Å². The molecule has 0 unspecified atom stereocenters. The van der Waals surface area contributed by atoms with Gasteiger partial charge in [-0.05, 0) is 30.9 Å². The fourth-order valence-corrected chi connectivity index (χ4v) is 3.66. The molecule has 0 bridgehead atoms. The Kier molecular flexibility index (Phi) is 4.44. The first-order chi connectivity index (χ1) is 12.6. The van der Waals surface area contributed by atoms with Crippen molar-refractivity contribution in [2.75, 3.05) is 13.1 Å². The molecule has 1 amide bonds. The summed E-state index contributed by atoms with van der Waals surface area (Å²) in [5.41, 5.74) is 3.40. The molecule has 7 nitrogen and oxygen atoms in total. The van der Waals surface area contributed by atoms with Gasteiger partial charge in [-0.2, -0.15) is 5.10 Å². The highest BCUT2D eigenvalue weighted by Crippen LogP contribution is 2.27. The molecule has 1 N–H and O–H groups in total. The molecular weight excluding hydrogens is 328 g/mol. The van der Waals surface area contributed by atoms with Gasteiger partial charge < -0.3 is 9.47 Å². The number of carbonyl (C=O) groups excluding carboxylic acids is 1. The van der Waals surface area contributed by atoms with Crippen LogP contribution in [0.5, 0.6) is 0 Å². The molecule has 26 heavy (non-hydrogen) atoms. The molecule has 0 saturated carbocycles. The summed E-state index contributed by atoms with van der Waals surface area (Å²) < 4.78 is 2.05. The normalized spacial score (nSPS) is 15.9. The zero-order valence-electron chi connectivity index (χ0n) is 15.2. The van der Waals surface area contributed by atoms with E-state index in [1.54, 1.807) is 12.4 Å². The van der Waals surface area contributed by atoms with Crippen molar-refractivity contribution in [3.8, 4) is 0 Å². The molecular formula is C19H24N6O. The van der Waals surface area contributed by atoms with Gasteiger partial charge in [-0.1, -0.05) is 13.8 Å². The highest BCUT2D eigenvalue weighted by atomic mass is 16.2. The third-order valence-corrected chi connectivity index (χ3v) is 5.01. The number of hydrogen-bond donors (Lipinski definition) is 1. The van der Waals surface area contributed by atoms with E-state index in [1.807, 2.05) is 27.9 Å². The van der Waals surface area contributed by atoms with E-state index in [-0.39, 0.29) is 5.91 Å². The Labute approximate surface area is 152 Å². The molecule has 4 rings (SSSR count). The molecule has 0 spiro atoms. The molecule has 3 aromatic heterocycles. The summed E-state index contributed by atoms with van der Waals surface area (Å²) in [6, 6.07) is 3.88. The molecule has 1 aliphatic heterocycles. The van der Waals surface area contributed by atoms with Crippen LogP contribution < -0.4 is 0 Å². The Morgan fingerprint density at radius 2 is 2.12 bits per heavy atom. The number of amides is 1. The number of imidazole rings is 1. The average Bonchev–Trinajstić information content (AvgIpc) is 3.31. The van der Waals surface area contributed by atoms with Crippen LogP contribution in [0.15, 0.2) is 30.9 Å². The second-order valence-electron chi connectivity index (χ2n) is 7.44. The molecule has 136 valence electrons. The molecule has 1 aliphatic rings. The first kappa shape index (κ1) is 16.8. The van der Waals surface area contributed by atoms with E-state index < -0.39 is 0 Å². The van der Waals surface area contributed by atoms with E-state index in [2.05, 4.69) is 34.0 Å². The molecule has 0 aromatic carbocycles. The number of aromatic amines is 1. The fraction of sp³-hybridized carbons (Fsp3) is 0.474. The number of H-pyrrole nitrogens is 1. The van der Waals surface area contributed by atoms with Crippen molar-refractivity contribution in [2.45, 2.75) is 39.2 Å². The van der Waals surface area contributed by atoms with Gasteiger partial charge in [0.05, 0.1) is 11.9 Å². The van der Waals surface area contributed by atoms with Gasteiger partial charge in [0.2, 0.25) is 0 Å². The summed E-state index contributed by atoms with van der Waals surface area (Å²) in [7, 11) is 0. The third kappa shape index (κ3) is 3.21. The van der Waals surface area contributed by atoms with E-state index in [1.165, 1.54) is 0 Å². The SMILES string of the molecule is CC(C)Cn1cnc2cc(C(=O)N3CCC(c4ccn[nH]4)CC3)cnc21. The van der Waals surface area contributed by atoms with Crippen molar-refractivity contribution >= 4 is 17.1 Å². The Morgan fingerprint density at radius 3 is 2.81 bits per heavy atom. The zero-order chi connectivity index (χ0) is 18.1. The zero-order valence-corrected chi connectivity index (χ0v) is 15.2. The van der Waals surface area contributed by atoms with Crippen molar-refractivity contribution in [3.63, 3.8) is 0 Å². The standard InChI is InChI=1S/C19H24N6O/c1-13(2)11-25-12-21-17-9-15(10-20-18(17)25)19(26)24-7-4-14(5-8-24)16-3-6-22-23-16/h3,6,9-10,12-14H,4-5,7-8,11H2,1-2H3,(H,22,23). The molecule has 0 atom stereocenters. The van der Waals surface area contributed by atoms with Crippen molar-refractivity contribution in [2.24, 2.45) is 5.92 Å². The maximum absolute atomic E-state index is 12.9. The monoisotopic (exact) mass is 352 g/mol. The molecule has 7 heteroatoms. The van der Waals surface area contributed by atoms with E-state index in [0.717, 1.165) is 49.3 Å². The Bertz CT molecular complexity index is 890. The Morgan fingerprint density at radius 1 is 1.31 bits per heavy atom. The summed E-state index contributed by atoms with van der Waals surface area (Å²) in [6.45, 7) is 6.70. The van der Waals surface area contributed by atoms with Crippen molar-refractivity contribution < 1.29 is 4.79 Å². The first-order valence-electron chi connectivity index (χ1n) is 9.21. The fourth-order valence-electron chi connectivity index (χ4n) is 3.66. The molecule has 1 saturated heterocycles. The summed E-state index contributed by atoms with van der Waals surface area (Å²) in [5.74, 6) is 1.02. The summed E-state index contributed by atoms with van der Waals surface area (Å²) in [6.07, 6.45) is 7.18. The van der Waals surface area contributed by atoms with Crippen LogP contribution in [-0.4, -0.2) is 48.6 Å². The highest BCUT2D eigenvalue weighted by molar-refractivity contribution is 5.96. The lowest BCUT2D eigenvalue weighted by molar-refractivity contribution is 0.0712. The molecule has 1 fully saturated rings. The van der Waals surface area contributed by atoms with E-state index in [9.17, 15) is 4.79 Å². The van der Waals surface area contributed by atoms with Crippen LogP contribution >= 0.6 is 0 Å². The van der Waals surface area contributed by atoms with Gasteiger partial charge in [0.15, 0.2) is 5.65 Å². The lowest BCUT2D eigenvalue weighted by atomic mass is 9.93. The summed E-state index contributed by atoms with van der Waals surface area (Å²) in [5, 5.41) is 7.07. The van der Waals surface area contributed by atoms with Gasteiger partial charge in [-0.15, -0.1) is 0 Å². The van der Waals surface area contributed by atoms with Crippen LogP contribution in [0.3, 0.4) is 0 Å². The largest absolute Gasteiger partial charge is 0.339 e. The topological polar surface area (TPSA) is 79.7 Å². The second kappa shape index (κ2) is 6.90. The smallest absolute Gasteiger partial charge is 0.255 e. The number of likely N-dealkylation sites (tertiary alicyclic amines) is 1. The number of fused-ring (bicyclic) bond motifs is 1.